The molecule has 4 saturated carbocycles. The van der Waals surface area contributed by atoms with Crippen molar-refractivity contribution in [3.63, 3.8) is 0 Å². The van der Waals surface area contributed by atoms with E-state index in [2.05, 4.69) is 36.5 Å². The fourth-order valence-electron chi connectivity index (χ4n) is 10.3. The molecule has 1 aromatic rings. The lowest BCUT2D eigenvalue weighted by atomic mass is 9.44. The second kappa shape index (κ2) is 9.89. The van der Waals surface area contributed by atoms with Gasteiger partial charge in [0, 0.05) is 30.7 Å². The van der Waals surface area contributed by atoms with Crippen molar-refractivity contribution in [3.8, 4) is 5.75 Å². The number of rotatable bonds is 5. The van der Waals surface area contributed by atoms with Crippen molar-refractivity contribution in [2.75, 3.05) is 26.4 Å². The normalized spacial score (nSPS) is 41.9. The molecule has 0 bridgehead atoms. The van der Waals surface area contributed by atoms with Crippen LogP contribution in [0, 0.1) is 34.5 Å². The van der Waals surface area contributed by atoms with Gasteiger partial charge in [0.2, 0.25) is 0 Å². The lowest BCUT2D eigenvalue weighted by Gasteiger charge is -2.61. The van der Waals surface area contributed by atoms with Crippen LogP contribution < -0.4 is 10.1 Å². The van der Waals surface area contributed by atoms with Gasteiger partial charge < -0.3 is 19.5 Å². The minimum atomic E-state index is -0.291. The summed E-state index contributed by atoms with van der Waals surface area (Å²) in [5, 5.41) is 3.65. The third kappa shape index (κ3) is 4.18. The molecule has 1 N–H and O–H groups in total. The molecule has 38 heavy (non-hydrogen) atoms. The largest absolute Gasteiger partial charge is 0.494 e. The summed E-state index contributed by atoms with van der Waals surface area (Å²) in [5.41, 5.74) is 1.55. The Labute approximate surface area is 228 Å². The van der Waals surface area contributed by atoms with E-state index in [0.717, 1.165) is 70.0 Å². The van der Waals surface area contributed by atoms with Gasteiger partial charge in [-0.05, 0) is 111 Å². The van der Waals surface area contributed by atoms with Gasteiger partial charge in [0.15, 0.2) is 5.79 Å². The van der Waals surface area contributed by atoms with Crippen molar-refractivity contribution < 1.29 is 19.0 Å². The Morgan fingerprint density at radius 3 is 2.74 bits per heavy atom. The smallest absolute Gasteiger partial charge is 0.168 e. The second-order valence-corrected chi connectivity index (χ2v) is 13.8. The topological polar surface area (TPSA) is 56.8 Å². The highest BCUT2D eigenvalue weighted by Gasteiger charge is 2.63. The summed E-state index contributed by atoms with van der Waals surface area (Å²) in [6.07, 6.45) is 14.7. The van der Waals surface area contributed by atoms with Gasteiger partial charge >= 0.3 is 0 Å². The average Bonchev–Trinajstić information content (AvgIpc) is 3.54. The number of carbonyl (C=O) groups excluding carboxylic acids is 1. The molecule has 0 radical (unpaired) electrons. The van der Waals surface area contributed by atoms with E-state index in [1.54, 1.807) is 0 Å². The molecule has 6 fully saturated rings. The maximum absolute atomic E-state index is 13.5. The van der Waals surface area contributed by atoms with Gasteiger partial charge in [0.05, 0.1) is 19.8 Å². The Kier molecular flexibility index (Phi) is 6.64. The molecule has 0 amide bonds. The van der Waals surface area contributed by atoms with Crippen LogP contribution in [0.4, 0.5) is 0 Å². The molecule has 5 heteroatoms. The fourth-order valence-corrected chi connectivity index (χ4v) is 10.3. The molecule has 0 aromatic heterocycles. The van der Waals surface area contributed by atoms with E-state index < -0.39 is 0 Å². The molecule has 5 unspecified atom stereocenters. The predicted octanol–water partition coefficient (Wildman–Crippen LogP) is 6.61. The van der Waals surface area contributed by atoms with Crippen LogP contribution in [0.5, 0.6) is 5.75 Å². The molecule has 2 saturated heterocycles. The van der Waals surface area contributed by atoms with Crippen LogP contribution in [0.25, 0.3) is 0 Å². The number of nitrogens with one attached hydrogen (secondary N) is 1. The summed E-state index contributed by atoms with van der Waals surface area (Å²) in [6, 6.07) is 9.11. The SMILES string of the molecule is C[C@]12CCC3(CC1CCC1C4CCC(=O)[C@@]4(CCOc4cccc(C5CCCCN5)c4)CCC12)OCCO3. The van der Waals surface area contributed by atoms with E-state index in [4.69, 9.17) is 14.2 Å². The monoisotopic (exact) mass is 521 g/mol. The van der Waals surface area contributed by atoms with E-state index in [1.165, 1.54) is 50.5 Å². The number of carbonyl (C=O) groups is 1. The summed E-state index contributed by atoms with van der Waals surface area (Å²) < 4.78 is 18.7. The van der Waals surface area contributed by atoms with E-state index in [9.17, 15) is 4.79 Å². The number of fused-ring (bicyclic) bond motifs is 5. The zero-order valence-electron chi connectivity index (χ0n) is 23.3. The number of ether oxygens (including phenoxy) is 3. The van der Waals surface area contributed by atoms with Crippen LogP contribution in [-0.4, -0.2) is 37.9 Å². The van der Waals surface area contributed by atoms with Crippen molar-refractivity contribution in [3.05, 3.63) is 29.8 Å². The van der Waals surface area contributed by atoms with E-state index >= 15 is 0 Å². The first-order chi connectivity index (χ1) is 18.5. The number of hydrogen-bond acceptors (Lipinski definition) is 5. The molecule has 6 aliphatic rings. The molecule has 4 aliphatic carbocycles. The Morgan fingerprint density at radius 2 is 1.89 bits per heavy atom. The molecule has 7 atom stereocenters. The maximum Gasteiger partial charge on any atom is 0.168 e. The van der Waals surface area contributed by atoms with Crippen LogP contribution in [0.1, 0.15) is 102 Å². The maximum atomic E-state index is 13.5. The number of Topliss-reactive ketones (excluding diaryl/α,β-unsaturated/α-hetero) is 1. The summed E-state index contributed by atoms with van der Waals surface area (Å²) in [6.45, 7) is 5.85. The van der Waals surface area contributed by atoms with Crippen molar-refractivity contribution >= 4 is 5.78 Å². The highest BCUT2D eigenvalue weighted by Crippen LogP contribution is 2.67. The lowest BCUT2D eigenvalue weighted by molar-refractivity contribution is -0.229. The van der Waals surface area contributed by atoms with Crippen LogP contribution in [0.2, 0.25) is 0 Å². The Hall–Kier alpha value is -1.43. The summed E-state index contributed by atoms with van der Waals surface area (Å²) >= 11 is 0. The molecular weight excluding hydrogens is 474 g/mol. The second-order valence-electron chi connectivity index (χ2n) is 13.8. The Bertz CT molecular complexity index is 1030. The highest BCUT2D eigenvalue weighted by atomic mass is 16.7. The van der Waals surface area contributed by atoms with Crippen molar-refractivity contribution in [2.24, 2.45) is 34.5 Å². The minimum Gasteiger partial charge on any atom is -0.494 e. The Morgan fingerprint density at radius 1 is 1.00 bits per heavy atom. The minimum absolute atomic E-state index is 0.152. The first-order valence-corrected chi connectivity index (χ1v) is 15.8. The van der Waals surface area contributed by atoms with Gasteiger partial charge in [-0.15, -0.1) is 0 Å². The molecule has 7 rings (SSSR count). The number of piperidine rings is 1. The van der Waals surface area contributed by atoms with Gasteiger partial charge in [0.25, 0.3) is 0 Å². The summed E-state index contributed by atoms with van der Waals surface area (Å²) in [5.74, 6) is 3.87. The molecule has 208 valence electrons. The molecule has 1 spiro atoms. The molecule has 2 heterocycles. The van der Waals surface area contributed by atoms with Crippen molar-refractivity contribution in [2.45, 2.75) is 102 Å². The van der Waals surface area contributed by atoms with Gasteiger partial charge in [-0.3, -0.25) is 4.79 Å². The Balaban J connectivity index is 1.03. The van der Waals surface area contributed by atoms with Crippen LogP contribution >= 0.6 is 0 Å². The molecular formula is C33H47NO4. The first kappa shape index (κ1) is 25.5. The third-order valence-corrected chi connectivity index (χ3v) is 12.3. The van der Waals surface area contributed by atoms with Gasteiger partial charge in [-0.25, -0.2) is 0 Å². The van der Waals surface area contributed by atoms with Gasteiger partial charge in [0.1, 0.15) is 11.5 Å². The van der Waals surface area contributed by atoms with Gasteiger partial charge in [-0.2, -0.15) is 0 Å². The van der Waals surface area contributed by atoms with E-state index in [1.807, 2.05) is 0 Å². The summed E-state index contributed by atoms with van der Waals surface area (Å²) in [4.78, 5) is 13.5. The van der Waals surface area contributed by atoms with Crippen molar-refractivity contribution in [1.29, 1.82) is 0 Å². The first-order valence-electron chi connectivity index (χ1n) is 15.8. The third-order valence-electron chi connectivity index (χ3n) is 12.3. The summed E-state index contributed by atoms with van der Waals surface area (Å²) in [7, 11) is 0. The van der Waals surface area contributed by atoms with Crippen LogP contribution in [-0.2, 0) is 14.3 Å². The number of hydrogen-bond donors (Lipinski definition) is 1. The fraction of sp³-hybridized carbons (Fsp3) is 0.788. The number of ketones is 1. The van der Waals surface area contributed by atoms with Gasteiger partial charge in [-0.1, -0.05) is 25.5 Å². The van der Waals surface area contributed by atoms with E-state index in [-0.39, 0.29) is 11.2 Å². The van der Waals surface area contributed by atoms with E-state index in [0.29, 0.717) is 41.6 Å². The average molecular weight is 522 g/mol. The highest BCUT2D eigenvalue weighted by molar-refractivity contribution is 5.87. The lowest BCUT2D eigenvalue weighted by Crippen LogP contribution is -2.56. The zero-order chi connectivity index (χ0) is 25.8. The quantitative estimate of drug-likeness (QED) is 0.473. The zero-order valence-corrected chi connectivity index (χ0v) is 23.3. The van der Waals surface area contributed by atoms with Crippen LogP contribution in [0.3, 0.4) is 0 Å². The van der Waals surface area contributed by atoms with Crippen molar-refractivity contribution in [1.82, 2.24) is 5.32 Å². The number of benzene rings is 1. The predicted molar refractivity (Wildman–Crippen MR) is 147 cm³/mol. The molecule has 2 aliphatic heterocycles. The van der Waals surface area contributed by atoms with Crippen LogP contribution in [0.15, 0.2) is 24.3 Å². The molecule has 1 aromatic carbocycles. The standard InChI is InChI=1S/C33H47NO4/c1-31-14-15-33(37-19-20-38-33)22-24(31)8-9-26-27(31)12-13-32(28(26)10-11-30(32)35)16-18-36-25-6-4-5-23(21-25)29-7-2-3-17-34-29/h4-6,21,24,26-29,34H,2-3,7-20,22H2,1H3/t24?,26?,27?,28?,29?,31-,32+/m0/s1. The molecule has 5 nitrogen and oxygen atoms in total.